The third-order valence-corrected chi connectivity index (χ3v) is 8.47. The number of likely N-dealkylation sites (N-methyl/N-ethyl adjacent to an activating group) is 1. The van der Waals surface area contributed by atoms with E-state index in [9.17, 15) is 18.0 Å². The highest BCUT2D eigenvalue weighted by Crippen LogP contribution is 2.27. The van der Waals surface area contributed by atoms with Crippen molar-refractivity contribution in [2.24, 2.45) is 0 Å². The highest BCUT2D eigenvalue weighted by molar-refractivity contribution is 7.92. The Morgan fingerprint density at radius 3 is 2.14 bits per heavy atom. The zero-order valence-electron chi connectivity index (χ0n) is 20.2. The molecule has 0 bridgehead atoms. The standard InChI is InChI=1S/C26H26Cl3N3O4S/c1-3-24(26(34)30-2)31(16-18-9-14-22(28)23(29)15-18)25(33)17-32(20-7-5-4-6-8-20)37(35,36)21-12-10-19(27)11-13-21/h4-15,24H,3,16-17H2,1-2H3,(H,30,34)/t24-/m1/s1. The van der Waals surface area contributed by atoms with Crippen LogP contribution in [-0.4, -0.2) is 44.8 Å². The number of benzene rings is 3. The van der Waals surface area contributed by atoms with Crippen LogP contribution in [0.3, 0.4) is 0 Å². The molecule has 0 spiro atoms. The molecule has 0 heterocycles. The highest BCUT2D eigenvalue weighted by Gasteiger charge is 2.33. The molecular weight excluding hydrogens is 557 g/mol. The second-order valence-corrected chi connectivity index (χ2v) is 11.2. The fourth-order valence-corrected chi connectivity index (χ4v) is 5.64. The van der Waals surface area contributed by atoms with Crippen LogP contribution in [0.5, 0.6) is 0 Å². The van der Waals surface area contributed by atoms with Gasteiger partial charge in [-0.05, 0) is 60.5 Å². The van der Waals surface area contributed by atoms with Gasteiger partial charge in [-0.25, -0.2) is 8.42 Å². The third kappa shape index (κ3) is 6.96. The van der Waals surface area contributed by atoms with Gasteiger partial charge in [-0.1, -0.05) is 66.0 Å². The van der Waals surface area contributed by atoms with Gasteiger partial charge >= 0.3 is 0 Å². The smallest absolute Gasteiger partial charge is 0.264 e. The Morgan fingerprint density at radius 2 is 1.57 bits per heavy atom. The Morgan fingerprint density at radius 1 is 0.919 bits per heavy atom. The van der Waals surface area contributed by atoms with E-state index in [1.165, 1.54) is 36.2 Å². The van der Waals surface area contributed by atoms with Gasteiger partial charge in [0.05, 0.1) is 20.6 Å². The Balaban J connectivity index is 2.04. The molecule has 0 fully saturated rings. The summed E-state index contributed by atoms with van der Waals surface area (Å²) in [6, 6.07) is 18.1. The minimum Gasteiger partial charge on any atom is -0.357 e. The van der Waals surface area contributed by atoms with Gasteiger partial charge in [0, 0.05) is 18.6 Å². The number of halogens is 3. The lowest BCUT2D eigenvalue weighted by Crippen LogP contribution is -2.51. The number of sulfonamides is 1. The van der Waals surface area contributed by atoms with Crippen molar-refractivity contribution < 1.29 is 18.0 Å². The number of hydrogen-bond donors (Lipinski definition) is 1. The van der Waals surface area contributed by atoms with Gasteiger partial charge in [0.25, 0.3) is 10.0 Å². The molecule has 0 aromatic heterocycles. The molecule has 0 aliphatic carbocycles. The molecule has 3 aromatic carbocycles. The first-order valence-corrected chi connectivity index (χ1v) is 13.9. The number of hydrogen-bond acceptors (Lipinski definition) is 4. The summed E-state index contributed by atoms with van der Waals surface area (Å²) < 4.78 is 28.4. The zero-order valence-corrected chi connectivity index (χ0v) is 23.3. The molecule has 0 saturated carbocycles. The minimum atomic E-state index is -4.15. The van der Waals surface area contributed by atoms with Gasteiger partial charge in [0.15, 0.2) is 0 Å². The van der Waals surface area contributed by atoms with Crippen molar-refractivity contribution in [3.8, 4) is 0 Å². The predicted octanol–water partition coefficient (Wildman–Crippen LogP) is 5.40. The fraction of sp³-hybridized carbons (Fsp3) is 0.231. The number of carbonyl (C=O) groups excluding carboxylic acids is 2. The summed E-state index contributed by atoms with van der Waals surface area (Å²) in [6.45, 7) is 1.25. The van der Waals surface area contributed by atoms with Crippen molar-refractivity contribution in [2.75, 3.05) is 17.9 Å². The lowest BCUT2D eigenvalue weighted by molar-refractivity contribution is -0.140. The molecule has 3 rings (SSSR count). The van der Waals surface area contributed by atoms with Crippen LogP contribution in [0.2, 0.25) is 15.1 Å². The minimum absolute atomic E-state index is 0.0191. The molecule has 7 nitrogen and oxygen atoms in total. The number of carbonyl (C=O) groups is 2. The van der Waals surface area contributed by atoms with Crippen molar-refractivity contribution in [3.63, 3.8) is 0 Å². The summed E-state index contributed by atoms with van der Waals surface area (Å²) >= 11 is 18.2. The van der Waals surface area contributed by atoms with Gasteiger partial charge in [-0.3, -0.25) is 13.9 Å². The Labute approximate surface area is 232 Å². The van der Waals surface area contributed by atoms with E-state index in [2.05, 4.69) is 5.32 Å². The largest absolute Gasteiger partial charge is 0.357 e. The maximum atomic E-state index is 13.8. The van der Waals surface area contributed by atoms with E-state index in [4.69, 9.17) is 34.8 Å². The van der Waals surface area contributed by atoms with Gasteiger partial charge in [0.2, 0.25) is 11.8 Å². The summed E-state index contributed by atoms with van der Waals surface area (Å²) in [5, 5.41) is 3.61. The van der Waals surface area contributed by atoms with Crippen molar-refractivity contribution >= 4 is 62.3 Å². The molecule has 196 valence electrons. The van der Waals surface area contributed by atoms with E-state index in [1.807, 2.05) is 0 Å². The van der Waals surface area contributed by atoms with E-state index in [0.717, 1.165) is 4.31 Å². The van der Waals surface area contributed by atoms with E-state index in [1.54, 1.807) is 55.5 Å². The van der Waals surface area contributed by atoms with Crippen LogP contribution in [0.4, 0.5) is 5.69 Å². The Bertz CT molecular complexity index is 1350. The van der Waals surface area contributed by atoms with Crippen LogP contribution in [0.25, 0.3) is 0 Å². The normalized spacial score (nSPS) is 12.0. The van der Waals surface area contributed by atoms with Gasteiger partial charge in [-0.15, -0.1) is 0 Å². The topological polar surface area (TPSA) is 86.8 Å². The monoisotopic (exact) mass is 581 g/mol. The number of nitrogens with zero attached hydrogens (tertiary/aromatic N) is 2. The van der Waals surface area contributed by atoms with Crippen molar-refractivity contribution in [1.82, 2.24) is 10.2 Å². The lowest BCUT2D eigenvalue weighted by atomic mass is 10.1. The molecule has 0 radical (unpaired) electrons. The Kier molecular flexibility index (Phi) is 9.84. The number of para-hydroxylation sites is 1. The molecular formula is C26H26Cl3N3O4S. The average Bonchev–Trinajstić information content (AvgIpc) is 2.89. The quantitative estimate of drug-likeness (QED) is 0.347. The molecule has 0 aliphatic rings. The van der Waals surface area contributed by atoms with Crippen LogP contribution in [-0.2, 0) is 26.2 Å². The first-order chi connectivity index (χ1) is 17.6. The fourth-order valence-electron chi connectivity index (χ4n) is 3.78. The van der Waals surface area contributed by atoms with E-state index < -0.39 is 28.5 Å². The molecule has 0 aliphatic heterocycles. The van der Waals surface area contributed by atoms with Crippen LogP contribution < -0.4 is 9.62 Å². The van der Waals surface area contributed by atoms with Gasteiger partial charge in [0.1, 0.15) is 12.6 Å². The molecule has 11 heteroatoms. The highest BCUT2D eigenvalue weighted by atomic mass is 35.5. The second kappa shape index (κ2) is 12.6. The summed E-state index contributed by atoms with van der Waals surface area (Å²) in [5.74, 6) is -0.939. The number of rotatable bonds is 10. The van der Waals surface area contributed by atoms with Gasteiger partial charge in [-0.2, -0.15) is 0 Å². The SMILES string of the molecule is CC[C@H](C(=O)NC)N(Cc1ccc(Cl)c(Cl)c1)C(=O)CN(c1ccccc1)S(=O)(=O)c1ccc(Cl)cc1. The van der Waals surface area contributed by atoms with E-state index in [-0.39, 0.29) is 17.3 Å². The summed E-state index contributed by atoms with van der Waals surface area (Å²) in [5.41, 5.74) is 0.935. The van der Waals surface area contributed by atoms with Gasteiger partial charge < -0.3 is 10.2 Å². The molecule has 1 N–H and O–H groups in total. The van der Waals surface area contributed by atoms with E-state index in [0.29, 0.717) is 32.7 Å². The first-order valence-electron chi connectivity index (χ1n) is 11.4. The van der Waals surface area contributed by atoms with Crippen molar-refractivity contribution in [2.45, 2.75) is 30.8 Å². The van der Waals surface area contributed by atoms with Crippen LogP contribution in [0.15, 0.2) is 77.7 Å². The zero-order chi connectivity index (χ0) is 27.2. The molecule has 0 unspecified atom stereocenters. The van der Waals surface area contributed by atoms with Crippen LogP contribution in [0, 0.1) is 0 Å². The average molecular weight is 583 g/mol. The lowest BCUT2D eigenvalue weighted by Gasteiger charge is -2.33. The first kappa shape index (κ1) is 28.8. The number of amides is 2. The maximum Gasteiger partial charge on any atom is 0.264 e. The number of nitrogens with one attached hydrogen (secondary N) is 1. The van der Waals surface area contributed by atoms with Crippen molar-refractivity contribution in [3.05, 3.63) is 93.4 Å². The van der Waals surface area contributed by atoms with E-state index >= 15 is 0 Å². The molecule has 37 heavy (non-hydrogen) atoms. The number of anilines is 1. The summed E-state index contributed by atoms with van der Waals surface area (Å²) in [4.78, 5) is 27.8. The molecule has 0 saturated heterocycles. The maximum absolute atomic E-state index is 13.8. The molecule has 3 aromatic rings. The molecule has 1 atom stereocenters. The van der Waals surface area contributed by atoms with Crippen molar-refractivity contribution in [1.29, 1.82) is 0 Å². The van der Waals surface area contributed by atoms with Crippen LogP contribution in [0.1, 0.15) is 18.9 Å². The molecule has 2 amide bonds. The third-order valence-electron chi connectivity index (χ3n) is 5.69. The predicted molar refractivity (Wildman–Crippen MR) is 148 cm³/mol. The van der Waals surface area contributed by atoms with Crippen LogP contribution >= 0.6 is 34.8 Å². The Hall–Kier alpha value is -2.78. The summed E-state index contributed by atoms with van der Waals surface area (Å²) in [6.07, 6.45) is 0.308. The summed E-state index contributed by atoms with van der Waals surface area (Å²) in [7, 11) is -2.67. The second-order valence-electron chi connectivity index (χ2n) is 8.11.